The highest BCUT2D eigenvalue weighted by Crippen LogP contribution is 2.38. The smallest absolute Gasteiger partial charge is 0.387 e. The number of nitrogens with zero attached hydrogens (tertiary/aromatic N) is 6. The van der Waals surface area contributed by atoms with Crippen molar-refractivity contribution in [2.45, 2.75) is 25.4 Å². The molecular formula is C21H19F3N6O. The molecule has 160 valence electrons. The Bertz CT molecular complexity index is 1120. The van der Waals surface area contributed by atoms with E-state index in [0.29, 0.717) is 35.5 Å². The first-order valence-electron chi connectivity index (χ1n) is 9.70. The molecule has 4 rings (SSSR count). The number of piperidine rings is 1. The van der Waals surface area contributed by atoms with Crippen molar-refractivity contribution in [2.24, 2.45) is 7.05 Å². The molecule has 7 nitrogen and oxygen atoms in total. The van der Waals surface area contributed by atoms with Crippen molar-refractivity contribution in [1.29, 1.82) is 5.26 Å². The van der Waals surface area contributed by atoms with Gasteiger partial charge in [-0.3, -0.25) is 0 Å². The number of rotatable bonds is 5. The van der Waals surface area contributed by atoms with Gasteiger partial charge in [0.05, 0.1) is 11.3 Å². The van der Waals surface area contributed by atoms with Gasteiger partial charge < -0.3 is 14.2 Å². The first-order chi connectivity index (χ1) is 15.0. The lowest BCUT2D eigenvalue weighted by atomic mass is 9.93. The number of aryl methyl sites for hydroxylation is 1. The van der Waals surface area contributed by atoms with E-state index >= 15 is 0 Å². The fraction of sp³-hybridized carbons (Fsp3) is 0.333. The van der Waals surface area contributed by atoms with Crippen LogP contribution in [0.3, 0.4) is 0 Å². The molecule has 0 N–H and O–H groups in total. The van der Waals surface area contributed by atoms with Gasteiger partial charge in [0, 0.05) is 43.4 Å². The fourth-order valence-corrected chi connectivity index (χ4v) is 3.98. The highest BCUT2D eigenvalue weighted by Gasteiger charge is 2.27. The van der Waals surface area contributed by atoms with E-state index in [2.05, 4.69) is 30.9 Å². The van der Waals surface area contributed by atoms with Crippen molar-refractivity contribution in [3.05, 3.63) is 54.1 Å². The lowest BCUT2D eigenvalue weighted by Crippen LogP contribution is -2.34. The van der Waals surface area contributed by atoms with Crippen LogP contribution in [0.1, 0.15) is 30.1 Å². The predicted molar refractivity (Wildman–Crippen MR) is 106 cm³/mol. The molecule has 31 heavy (non-hydrogen) atoms. The van der Waals surface area contributed by atoms with Crippen LogP contribution in [0.4, 0.5) is 18.9 Å². The van der Waals surface area contributed by atoms with Crippen LogP contribution in [-0.2, 0) is 7.05 Å². The third-order valence-corrected chi connectivity index (χ3v) is 5.41. The highest BCUT2D eigenvalue weighted by atomic mass is 19.3. The summed E-state index contributed by atoms with van der Waals surface area (Å²) in [6.07, 6.45) is 4.55. The number of halogens is 3. The summed E-state index contributed by atoms with van der Waals surface area (Å²) in [5, 5.41) is 17.8. The molecule has 3 aromatic rings. The maximum Gasteiger partial charge on any atom is 0.387 e. The molecule has 0 aliphatic carbocycles. The van der Waals surface area contributed by atoms with Crippen molar-refractivity contribution < 1.29 is 17.9 Å². The zero-order valence-corrected chi connectivity index (χ0v) is 16.7. The maximum atomic E-state index is 13.8. The molecule has 1 saturated heterocycles. The third kappa shape index (κ3) is 4.17. The van der Waals surface area contributed by atoms with Gasteiger partial charge in [-0.2, -0.15) is 18.4 Å². The van der Waals surface area contributed by atoms with Crippen LogP contribution in [0.15, 0.2) is 36.8 Å². The van der Waals surface area contributed by atoms with Crippen LogP contribution in [-0.4, -0.2) is 39.4 Å². The third-order valence-electron chi connectivity index (χ3n) is 5.41. The molecule has 1 aliphatic rings. The molecule has 1 aromatic carbocycles. The number of hydrogen-bond acceptors (Lipinski definition) is 6. The summed E-state index contributed by atoms with van der Waals surface area (Å²) >= 11 is 0. The molecular weight excluding hydrogens is 409 g/mol. The number of alkyl halides is 2. The number of ether oxygens (including phenoxy) is 1. The Morgan fingerprint density at radius 2 is 2.03 bits per heavy atom. The van der Waals surface area contributed by atoms with E-state index in [0.717, 1.165) is 18.7 Å². The van der Waals surface area contributed by atoms with Gasteiger partial charge >= 0.3 is 6.61 Å². The van der Waals surface area contributed by atoms with Crippen LogP contribution in [0, 0.1) is 17.3 Å². The second kappa shape index (κ2) is 8.63. The maximum absolute atomic E-state index is 13.8. The number of nitriles is 1. The van der Waals surface area contributed by atoms with E-state index in [1.807, 2.05) is 11.6 Å². The van der Waals surface area contributed by atoms with Crippen molar-refractivity contribution >= 4 is 5.69 Å². The number of para-hydroxylation sites is 1. The van der Waals surface area contributed by atoms with Crippen LogP contribution in [0.5, 0.6) is 5.75 Å². The van der Waals surface area contributed by atoms with Gasteiger partial charge in [-0.25, -0.2) is 4.98 Å². The van der Waals surface area contributed by atoms with Crippen molar-refractivity contribution in [3.63, 3.8) is 0 Å². The summed E-state index contributed by atoms with van der Waals surface area (Å²) < 4.78 is 45.2. The Hall–Kier alpha value is -3.61. The fourth-order valence-electron chi connectivity index (χ4n) is 3.98. The number of hydrogen-bond donors (Lipinski definition) is 0. The lowest BCUT2D eigenvalue weighted by Gasteiger charge is -2.35. The quantitative estimate of drug-likeness (QED) is 0.574. The topological polar surface area (TPSA) is 79.9 Å². The molecule has 0 radical (unpaired) electrons. The van der Waals surface area contributed by atoms with Gasteiger partial charge in [-0.05, 0) is 25.0 Å². The average Bonchev–Trinajstić information content (AvgIpc) is 3.20. The summed E-state index contributed by atoms with van der Waals surface area (Å²) in [6.45, 7) is -1.84. The summed E-state index contributed by atoms with van der Waals surface area (Å²) in [5.41, 5.74) is 2.09. The molecule has 0 spiro atoms. The van der Waals surface area contributed by atoms with E-state index in [9.17, 15) is 18.4 Å². The molecule has 0 unspecified atom stereocenters. The first kappa shape index (κ1) is 20.7. The Balaban J connectivity index is 1.67. The van der Waals surface area contributed by atoms with Crippen LogP contribution < -0.4 is 9.64 Å². The largest absolute Gasteiger partial charge is 0.430 e. The van der Waals surface area contributed by atoms with Crippen molar-refractivity contribution in [3.8, 4) is 22.9 Å². The number of pyridine rings is 1. The molecule has 2 aromatic heterocycles. The Kier molecular flexibility index (Phi) is 5.75. The molecule has 0 saturated carbocycles. The SMILES string of the molecule is Cn1cnnc1C1CCN(c2c(C#N)cccc2-c2cnc(F)c(OC(F)F)c2)CC1. The van der Waals surface area contributed by atoms with Gasteiger partial charge in [0.1, 0.15) is 18.2 Å². The van der Waals surface area contributed by atoms with E-state index in [1.54, 1.807) is 24.5 Å². The highest BCUT2D eigenvalue weighted by molar-refractivity contribution is 5.83. The summed E-state index contributed by atoms with van der Waals surface area (Å²) in [7, 11) is 1.91. The van der Waals surface area contributed by atoms with Crippen molar-refractivity contribution in [1.82, 2.24) is 19.7 Å². The molecule has 1 fully saturated rings. The predicted octanol–water partition coefficient (Wildman–Crippen LogP) is 3.87. The normalized spacial score (nSPS) is 14.6. The first-order valence-corrected chi connectivity index (χ1v) is 9.70. The monoisotopic (exact) mass is 428 g/mol. The Morgan fingerprint density at radius 1 is 1.26 bits per heavy atom. The van der Waals surface area contributed by atoms with E-state index in [-0.39, 0.29) is 5.92 Å². The van der Waals surface area contributed by atoms with Gasteiger partial charge in [0.2, 0.25) is 0 Å². The van der Waals surface area contributed by atoms with Gasteiger partial charge in [-0.1, -0.05) is 12.1 Å². The molecule has 0 amide bonds. The summed E-state index contributed by atoms with van der Waals surface area (Å²) in [6, 6.07) is 8.52. The summed E-state index contributed by atoms with van der Waals surface area (Å²) in [4.78, 5) is 5.64. The Labute approximate surface area is 176 Å². The van der Waals surface area contributed by atoms with E-state index in [4.69, 9.17) is 0 Å². The molecule has 1 aliphatic heterocycles. The van der Waals surface area contributed by atoms with E-state index < -0.39 is 18.3 Å². The molecule has 10 heteroatoms. The van der Waals surface area contributed by atoms with Gasteiger partial charge in [0.25, 0.3) is 5.95 Å². The zero-order chi connectivity index (χ0) is 22.0. The molecule has 3 heterocycles. The molecule has 0 atom stereocenters. The van der Waals surface area contributed by atoms with Crippen molar-refractivity contribution in [2.75, 3.05) is 18.0 Å². The number of anilines is 1. The average molecular weight is 428 g/mol. The van der Waals surface area contributed by atoms with Crippen LogP contribution in [0.25, 0.3) is 11.1 Å². The second-order valence-corrected chi connectivity index (χ2v) is 7.27. The minimum absolute atomic E-state index is 0.250. The van der Waals surface area contributed by atoms with Crippen LogP contribution in [0.2, 0.25) is 0 Å². The minimum Gasteiger partial charge on any atom is -0.430 e. The van der Waals surface area contributed by atoms with Gasteiger partial charge in [-0.15, -0.1) is 10.2 Å². The Morgan fingerprint density at radius 3 is 2.68 bits per heavy atom. The standard InChI is InChI=1S/C21H19F3N6O/c1-29-12-27-28-20(29)13-5-7-30(8-6-13)18-14(10-25)3-2-4-16(18)15-9-17(31-21(23)24)19(22)26-11-15/h2-4,9,11-13,21H,5-8H2,1H3. The number of benzene rings is 1. The van der Waals surface area contributed by atoms with Gasteiger partial charge in [0.15, 0.2) is 5.75 Å². The lowest BCUT2D eigenvalue weighted by molar-refractivity contribution is -0.0526. The minimum atomic E-state index is -3.17. The summed E-state index contributed by atoms with van der Waals surface area (Å²) in [5.74, 6) is -0.585. The zero-order valence-electron chi connectivity index (χ0n) is 16.7. The number of aromatic nitrogens is 4. The van der Waals surface area contributed by atoms with E-state index in [1.165, 1.54) is 12.3 Å². The van der Waals surface area contributed by atoms with Crippen LogP contribution >= 0.6 is 0 Å². The molecule has 0 bridgehead atoms. The second-order valence-electron chi connectivity index (χ2n) is 7.27.